The summed E-state index contributed by atoms with van der Waals surface area (Å²) in [7, 11) is 0. The van der Waals surface area contributed by atoms with Gasteiger partial charge in [-0.25, -0.2) is 0 Å². The molecule has 0 N–H and O–H groups in total. The van der Waals surface area contributed by atoms with Gasteiger partial charge in [0.1, 0.15) is 29.0 Å². The van der Waals surface area contributed by atoms with E-state index in [9.17, 15) is 4.79 Å². The van der Waals surface area contributed by atoms with Gasteiger partial charge in [0.25, 0.3) is 5.91 Å². The van der Waals surface area contributed by atoms with Crippen LogP contribution in [0.1, 0.15) is 18.1 Å². The lowest BCUT2D eigenvalue weighted by molar-refractivity contribution is -0.121. The molecule has 0 radical (unpaired) electrons. The summed E-state index contributed by atoms with van der Waals surface area (Å²) < 4.78 is 17.5. The Morgan fingerprint density at radius 1 is 0.933 bits per heavy atom. The molecule has 2 aromatic rings. The average Bonchev–Trinajstić information content (AvgIpc) is 3.02. The Morgan fingerprint density at radius 3 is 2.03 bits per heavy atom. The van der Waals surface area contributed by atoms with Gasteiger partial charge in [0.2, 0.25) is 0 Å². The van der Waals surface area contributed by atoms with Crippen LogP contribution >= 0.6 is 24.0 Å². The molecule has 7 heteroatoms. The highest BCUT2D eigenvalue weighted by Crippen LogP contribution is 2.32. The Labute approximate surface area is 187 Å². The van der Waals surface area contributed by atoms with Crippen LogP contribution in [0.2, 0.25) is 0 Å². The van der Waals surface area contributed by atoms with Crippen molar-refractivity contribution in [2.75, 3.05) is 33.0 Å². The average molecular weight is 444 g/mol. The lowest BCUT2D eigenvalue weighted by Gasteiger charge is -2.09. The summed E-state index contributed by atoms with van der Waals surface area (Å²) in [6.45, 7) is 6.50. The van der Waals surface area contributed by atoms with Gasteiger partial charge in [-0.2, -0.15) is 0 Å². The maximum atomic E-state index is 12.3. The van der Waals surface area contributed by atoms with Crippen molar-refractivity contribution < 1.29 is 19.0 Å². The van der Waals surface area contributed by atoms with Gasteiger partial charge in [-0.3, -0.25) is 9.69 Å². The second-order valence-corrected chi connectivity index (χ2v) is 8.29. The molecule has 5 nitrogen and oxygen atoms in total. The Balaban J connectivity index is 1.35. The van der Waals surface area contributed by atoms with E-state index >= 15 is 0 Å². The summed E-state index contributed by atoms with van der Waals surface area (Å²) >= 11 is 6.57. The normalized spacial score (nSPS) is 15.1. The fourth-order valence-electron chi connectivity index (χ4n) is 2.76. The standard InChI is InChI=1S/C23H25NO4S2/c1-3-24-22(25)21(30-23(24)29)16-18-6-10-20(11-7-18)28-15-13-26-12-14-27-19-8-4-17(2)5-9-19/h4-11,16H,3,12-15H2,1-2H3/b21-16-. The Morgan fingerprint density at radius 2 is 1.50 bits per heavy atom. The zero-order valence-corrected chi connectivity index (χ0v) is 18.8. The summed E-state index contributed by atoms with van der Waals surface area (Å²) in [6, 6.07) is 15.5. The monoisotopic (exact) mass is 443 g/mol. The second-order valence-electron chi connectivity index (χ2n) is 6.62. The molecule has 1 amide bonds. The van der Waals surface area contributed by atoms with Gasteiger partial charge in [0.05, 0.1) is 18.1 Å². The third-order valence-corrected chi connectivity index (χ3v) is 5.76. The number of rotatable bonds is 10. The van der Waals surface area contributed by atoms with Crippen molar-refractivity contribution >= 4 is 40.3 Å². The van der Waals surface area contributed by atoms with Crippen molar-refractivity contribution in [3.8, 4) is 11.5 Å². The first-order valence-corrected chi connectivity index (χ1v) is 11.0. The molecule has 1 saturated heterocycles. The molecule has 0 saturated carbocycles. The highest BCUT2D eigenvalue weighted by atomic mass is 32.2. The number of ether oxygens (including phenoxy) is 3. The number of carbonyl (C=O) groups is 1. The Kier molecular flexibility index (Phi) is 8.30. The van der Waals surface area contributed by atoms with Crippen LogP contribution in [0.15, 0.2) is 53.4 Å². The Hall–Kier alpha value is -2.35. The number of carbonyl (C=O) groups excluding carboxylic acids is 1. The van der Waals surface area contributed by atoms with E-state index in [1.807, 2.05) is 68.5 Å². The molecule has 1 fully saturated rings. The molecular weight excluding hydrogens is 418 g/mol. The van der Waals surface area contributed by atoms with E-state index in [1.165, 1.54) is 17.3 Å². The van der Waals surface area contributed by atoms with Gasteiger partial charge in [-0.1, -0.05) is 53.8 Å². The van der Waals surface area contributed by atoms with Gasteiger partial charge in [-0.05, 0) is 49.8 Å². The maximum Gasteiger partial charge on any atom is 0.266 e. The van der Waals surface area contributed by atoms with E-state index in [2.05, 4.69) is 0 Å². The molecule has 1 aliphatic heterocycles. The number of aryl methyl sites for hydroxylation is 1. The minimum absolute atomic E-state index is 0.0312. The molecule has 0 unspecified atom stereocenters. The number of hydrogen-bond acceptors (Lipinski definition) is 6. The van der Waals surface area contributed by atoms with Crippen LogP contribution in [0.3, 0.4) is 0 Å². The molecule has 2 aromatic carbocycles. The number of hydrogen-bond donors (Lipinski definition) is 0. The topological polar surface area (TPSA) is 48.0 Å². The zero-order chi connectivity index (χ0) is 21.3. The van der Waals surface area contributed by atoms with Crippen molar-refractivity contribution in [3.63, 3.8) is 0 Å². The fourth-order valence-corrected chi connectivity index (χ4v) is 4.14. The third kappa shape index (κ3) is 6.32. The molecule has 158 valence electrons. The van der Waals surface area contributed by atoms with Crippen LogP contribution in [0.4, 0.5) is 0 Å². The van der Waals surface area contributed by atoms with Gasteiger partial charge in [-0.15, -0.1) is 0 Å². The van der Waals surface area contributed by atoms with E-state index in [-0.39, 0.29) is 5.91 Å². The molecule has 3 rings (SSSR count). The molecule has 1 heterocycles. The van der Waals surface area contributed by atoms with Crippen LogP contribution in [0.5, 0.6) is 11.5 Å². The number of thioether (sulfide) groups is 1. The molecular formula is C23H25NO4S2. The SMILES string of the molecule is CCN1C(=O)/C(=C/c2ccc(OCCOCCOc3ccc(C)cc3)cc2)SC1=S. The molecule has 0 atom stereocenters. The maximum absolute atomic E-state index is 12.3. The van der Waals surface area contributed by atoms with Gasteiger partial charge in [0.15, 0.2) is 0 Å². The minimum Gasteiger partial charge on any atom is -0.491 e. The van der Waals surface area contributed by atoms with Crippen molar-refractivity contribution in [1.82, 2.24) is 4.90 Å². The first-order valence-electron chi connectivity index (χ1n) is 9.82. The summed E-state index contributed by atoms with van der Waals surface area (Å²) in [5, 5.41) is 0. The highest BCUT2D eigenvalue weighted by molar-refractivity contribution is 8.26. The van der Waals surface area contributed by atoms with Crippen LogP contribution in [0.25, 0.3) is 6.08 Å². The van der Waals surface area contributed by atoms with Crippen molar-refractivity contribution in [1.29, 1.82) is 0 Å². The quantitative estimate of drug-likeness (QED) is 0.302. The van der Waals surface area contributed by atoms with Crippen LogP contribution in [0, 0.1) is 6.92 Å². The van der Waals surface area contributed by atoms with Crippen molar-refractivity contribution in [2.45, 2.75) is 13.8 Å². The second kappa shape index (κ2) is 11.2. The van der Waals surface area contributed by atoms with E-state index in [0.717, 1.165) is 17.1 Å². The van der Waals surface area contributed by atoms with E-state index < -0.39 is 0 Å². The highest BCUT2D eigenvalue weighted by Gasteiger charge is 2.30. The number of thiocarbonyl (C=S) groups is 1. The molecule has 0 aromatic heterocycles. The van der Waals surface area contributed by atoms with E-state index in [1.54, 1.807) is 4.90 Å². The number of likely N-dealkylation sites (N-methyl/N-ethyl adjacent to an activating group) is 1. The van der Waals surface area contributed by atoms with Crippen LogP contribution in [-0.2, 0) is 9.53 Å². The molecule has 0 aliphatic carbocycles. The summed E-state index contributed by atoms with van der Waals surface area (Å²) in [6.07, 6.45) is 1.86. The smallest absolute Gasteiger partial charge is 0.266 e. The third-order valence-electron chi connectivity index (χ3n) is 4.38. The van der Waals surface area contributed by atoms with Crippen LogP contribution in [-0.4, -0.2) is 48.1 Å². The summed E-state index contributed by atoms with van der Waals surface area (Å²) in [5.74, 6) is 1.57. The molecule has 0 bridgehead atoms. The van der Waals surface area contributed by atoms with Crippen molar-refractivity contribution in [3.05, 3.63) is 64.6 Å². The fraction of sp³-hybridized carbons (Fsp3) is 0.304. The number of nitrogens with zero attached hydrogens (tertiary/aromatic N) is 1. The van der Waals surface area contributed by atoms with Gasteiger partial charge in [0, 0.05) is 6.54 Å². The summed E-state index contributed by atoms with van der Waals surface area (Å²) in [5.41, 5.74) is 2.14. The molecule has 1 aliphatic rings. The minimum atomic E-state index is -0.0312. The van der Waals surface area contributed by atoms with E-state index in [4.69, 9.17) is 26.4 Å². The predicted octanol–water partition coefficient (Wildman–Crippen LogP) is 4.69. The largest absolute Gasteiger partial charge is 0.491 e. The van der Waals surface area contributed by atoms with Crippen LogP contribution < -0.4 is 9.47 Å². The number of benzene rings is 2. The Bertz CT molecular complexity index is 894. The summed E-state index contributed by atoms with van der Waals surface area (Å²) in [4.78, 5) is 14.5. The predicted molar refractivity (Wildman–Crippen MR) is 125 cm³/mol. The van der Waals surface area contributed by atoms with Gasteiger partial charge < -0.3 is 14.2 Å². The van der Waals surface area contributed by atoms with E-state index in [0.29, 0.717) is 42.2 Å². The first kappa shape index (κ1) is 22.3. The molecule has 30 heavy (non-hydrogen) atoms. The van der Waals surface area contributed by atoms with Gasteiger partial charge >= 0.3 is 0 Å². The lowest BCUT2D eigenvalue weighted by Crippen LogP contribution is -2.27. The number of amides is 1. The molecule has 0 spiro atoms. The van der Waals surface area contributed by atoms with Crippen molar-refractivity contribution in [2.24, 2.45) is 0 Å². The first-order chi connectivity index (χ1) is 14.6. The lowest BCUT2D eigenvalue weighted by atomic mass is 10.2. The zero-order valence-electron chi connectivity index (χ0n) is 17.1.